The van der Waals surface area contributed by atoms with Crippen molar-refractivity contribution in [1.82, 2.24) is 20.2 Å². The van der Waals surface area contributed by atoms with E-state index in [9.17, 15) is 0 Å². The van der Waals surface area contributed by atoms with Gasteiger partial charge >= 0.3 is 0 Å². The molecule has 1 heterocycles. The van der Waals surface area contributed by atoms with Crippen molar-refractivity contribution in [3.8, 4) is 0 Å². The molecule has 0 radical (unpaired) electrons. The summed E-state index contributed by atoms with van der Waals surface area (Å²) in [6.07, 6.45) is 4.78. The van der Waals surface area contributed by atoms with Crippen LogP contribution in [0.1, 0.15) is 23.9 Å². The zero-order valence-corrected chi connectivity index (χ0v) is 15.9. The van der Waals surface area contributed by atoms with Gasteiger partial charge in [-0.1, -0.05) is 23.7 Å². The number of thiocarbonyl (C=S) groups is 1. The average molecular weight is 367 g/mol. The van der Waals surface area contributed by atoms with E-state index in [1.807, 2.05) is 42.1 Å². The lowest BCUT2D eigenvalue weighted by molar-refractivity contribution is -0.858. The maximum absolute atomic E-state index is 6.01. The lowest BCUT2D eigenvalue weighted by Gasteiger charge is -2.21. The van der Waals surface area contributed by atoms with Crippen LogP contribution in [-0.4, -0.2) is 41.8 Å². The topological polar surface area (TPSA) is 46.3 Å². The lowest BCUT2D eigenvalue weighted by Crippen LogP contribution is -3.05. The summed E-state index contributed by atoms with van der Waals surface area (Å²) in [5.41, 5.74) is 1.07. The first kappa shape index (κ1) is 18.7. The number of aryl methyl sites for hydroxylation is 1. The number of benzene rings is 1. The minimum absolute atomic E-state index is 0.123. The molecule has 2 aromatic rings. The fourth-order valence-electron chi connectivity index (χ4n) is 2.43. The highest BCUT2D eigenvalue weighted by Crippen LogP contribution is 2.22. The molecule has 24 heavy (non-hydrogen) atoms. The van der Waals surface area contributed by atoms with Gasteiger partial charge in [0.25, 0.3) is 0 Å². The van der Waals surface area contributed by atoms with E-state index in [-0.39, 0.29) is 6.04 Å². The van der Waals surface area contributed by atoms with Crippen molar-refractivity contribution in [2.24, 2.45) is 7.05 Å². The molecule has 0 aliphatic carbocycles. The van der Waals surface area contributed by atoms with Crippen molar-refractivity contribution in [3.05, 3.63) is 53.1 Å². The third-order valence-corrected chi connectivity index (χ3v) is 4.25. The van der Waals surface area contributed by atoms with Crippen LogP contribution in [0.2, 0.25) is 5.02 Å². The fourth-order valence-corrected chi connectivity index (χ4v) is 2.78. The SMILES string of the molecule is Cn1ccnc1[C@@H](NC(=S)NCCC[NH+](C)C)c1ccc(Cl)cc1. The minimum atomic E-state index is -0.123. The maximum atomic E-state index is 6.01. The number of hydrogen-bond acceptors (Lipinski definition) is 2. The number of hydrogen-bond donors (Lipinski definition) is 3. The molecule has 0 saturated carbocycles. The van der Waals surface area contributed by atoms with Crippen LogP contribution in [0.25, 0.3) is 0 Å². The molecule has 0 fully saturated rings. The Kier molecular flexibility index (Phi) is 7.02. The van der Waals surface area contributed by atoms with Crippen molar-refractivity contribution in [2.75, 3.05) is 27.2 Å². The monoisotopic (exact) mass is 366 g/mol. The second-order valence-corrected chi connectivity index (χ2v) is 6.94. The summed E-state index contributed by atoms with van der Waals surface area (Å²) in [6, 6.07) is 7.62. The summed E-state index contributed by atoms with van der Waals surface area (Å²) in [5.74, 6) is 0.902. The van der Waals surface area contributed by atoms with Crippen LogP contribution < -0.4 is 15.5 Å². The Bertz CT molecular complexity index is 653. The van der Waals surface area contributed by atoms with E-state index in [2.05, 4.69) is 29.7 Å². The summed E-state index contributed by atoms with van der Waals surface area (Å²) in [6.45, 7) is 1.96. The zero-order valence-electron chi connectivity index (χ0n) is 14.3. The van der Waals surface area contributed by atoms with Gasteiger partial charge in [-0.15, -0.1) is 0 Å². The molecular formula is C17H25ClN5S+. The molecule has 0 saturated heterocycles. The number of nitrogens with one attached hydrogen (secondary N) is 3. The van der Waals surface area contributed by atoms with Gasteiger partial charge in [0.1, 0.15) is 11.9 Å². The Labute approximate surface area is 154 Å². The fraction of sp³-hybridized carbons (Fsp3) is 0.412. The summed E-state index contributed by atoms with van der Waals surface area (Å²) in [4.78, 5) is 5.90. The van der Waals surface area contributed by atoms with E-state index >= 15 is 0 Å². The van der Waals surface area contributed by atoms with E-state index in [4.69, 9.17) is 23.8 Å². The Morgan fingerprint density at radius 1 is 1.33 bits per heavy atom. The van der Waals surface area contributed by atoms with Gasteiger partial charge in [-0.25, -0.2) is 4.98 Å². The van der Waals surface area contributed by atoms with Gasteiger partial charge in [0.2, 0.25) is 0 Å². The van der Waals surface area contributed by atoms with Crippen LogP contribution >= 0.6 is 23.8 Å². The first-order valence-corrected chi connectivity index (χ1v) is 8.82. The summed E-state index contributed by atoms with van der Waals surface area (Å²) in [5, 5.41) is 7.99. The van der Waals surface area contributed by atoms with Gasteiger partial charge in [-0.2, -0.15) is 0 Å². The predicted octanol–water partition coefficient (Wildman–Crippen LogP) is 1.16. The summed E-state index contributed by atoms with van der Waals surface area (Å²) < 4.78 is 1.99. The van der Waals surface area contributed by atoms with Gasteiger partial charge in [0.05, 0.1) is 20.6 Å². The quantitative estimate of drug-likeness (QED) is 0.508. The molecule has 0 bridgehead atoms. The molecule has 3 N–H and O–H groups in total. The Hall–Kier alpha value is -1.63. The van der Waals surface area contributed by atoms with Crippen molar-refractivity contribution >= 4 is 28.9 Å². The third-order valence-electron chi connectivity index (χ3n) is 3.73. The molecule has 7 heteroatoms. The standard InChI is InChI=1S/C17H24ClN5S/c1-22(2)11-4-9-20-17(24)21-15(16-19-10-12-23(16)3)13-5-7-14(18)8-6-13/h5-8,10,12,15H,4,9,11H2,1-3H3,(H2,20,21,24)/p+1/t15-/m0/s1. The summed E-state index contributed by atoms with van der Waals surface area (Å²) in [7, 11) is 6.27. The van der Waals surface area contributed by atoms with E-state index < -0.39 is 0 Å². The van der Waals surface area contributed by atoms with Gasteiger partial charge in [0.15, 0.2) is 5.11 Å². The average Bonchev–Trinajstić information content (AvgIpc) is 2.96. The second-order valence-electron chi connectivity index (χ2n) is 6.09. The number of aromatic nitrogens is 2. The molecule has 0 spiro atoms. The molecule has 1 atom stereocenters. The molecule has 5 nitrogen and oxygen atoms in total. The Morgan fingerprint density at radius 2 is 2.04 bits per heavy atom. The smallest absolute Gasteiger partial charge is 0.167 e. The van der Waals surface area contributed by atoms with Crippen molar-refractivity contribution < 1.29 is 4.90 Å². The highest BCUT2D eigenvalue weighted by Gasteiger charge is 2.19. The molecule has 0 amide bonds. The van der Waals surface area contributed by atoms with Crippen LogP contribution in [0.15, 0.2) is 36.7 Å². The number of nitrogens with zero attached hydrogens (tertiary/aromatic N) is 2. The number of halogens is 1. The van der Waals surface area contributed by atoms with E-state index in [1.54, 1.807) is 6.20 Å². The highest BCUT2D eigenvalue weighted by molar-refractivity contribution is 7.80. The number of quaternary nitrogens is 1. The molecule has 130 valence electrons. The first-order valence-electron chi connectivity index (χ1n) is 8.03. The van der Waals surface area contributed by atoms with Gasteiger partial charge in [-0.05, 0) is 29.9 Å². The van der Waals surface area contributed by atoms with Crippen molar-refractivity contribution in [3.63, 3.8) is 0 Å². The largest absolute Gasteiger partial charge is 0.362 e. The number of rotatable bonds is 7. The molecule has 0 unspecified atom stereocenters. The van der Waals surface area contributed by atoms with Gasteiger partial charge < -0.3 is 20.1 Å². The third kappa shape index (κ3) is 5.47. The van der Waals surface area contributed by atoms with Crippen molar-refractivity contribution in [2.45, 2.75) is 12.5 Å². The van der Waals surface area contributed by atoms with Crippen LogP contribution in [0, 0.1) is 0 Å². The lowest BCUT2D eigenvalue weighted by atomic mass is 10.1. The second kappa shape index (κ2) is 9.01. The van der Waals surface area contributed by atoms with E-state index in [0.717, 1.165) is 30.9 Å². The predicted molar refractivity (Wildman–Crippen MR) is 103 cm³/mol. The normalized spacial score (nSPS) is 12.2. The Morgan fingerprint density at radius 3 is 2.62 bits per heavy atom. The van der Waals surface area contributed by atoms with Crippen LogP contribution in [0.4, 0.5) is 0 Å². The zero-order chi connectivity index (χ0) is 17.5. The Balaban J connectivity index is 2.05. The van der Waals surface area contributed by atoms with Crippen LogP contribution in [-0.2, 0) is 7.05 Å². The van der Waals surface area contributed by atoms with Gasteiger partial charge in [-0.3, -0.25) is 0 Å². The highest BCUT2D eigenvalue weighted by atomic mass is 35.5. The molecule has 0 aliphatic heterocycles. The molecule has 2 rings (SSSR count). The summed E-state index contributed by atoms with van der Waals surface area (Å²) >= 11 is 11.5. The van der Waals surface area contributed by atoms with Crippen molar-refractivity contribution in [1.29, 1.82) is 0 Å². The molecule has 1 aromatic heterocycles. The molecular weight excluding hydrogens is 342 g/mol. The van der Waals surface area contributed by atoms with Gasteiger partial charge in [0, 0.05) is 37.4 Å². The van der Waals surface area contributed by atoms with E-state index in [1.165, 1.54) is 4.90 Å². The maximum Gasteiger partial charge on any atom is 0.167 e. The first-order chi connectivity index (χ1) is 11.5. The van der Waals surface area contributed by atoms with Crippen LogP contribution in [0.3, 0.4) is 0 Å². The molecule has 0 aliphatic rings. The minimum Gasteiger partial charge on any atom is -0.362 e. The van der Waals surface area contributed by atoms with Crippen LogP contribution in [0.5, 0.6) is 0 Å². The van der Waals surface area contributed by atoms with E-state index in [0.29, 0.717) is 10.1 Å². The number of imidazole rings is 1. The molecule has 1 aromatic carbocycles.